The van der Waals surface area contributed by atoms with Crippen molar-refractivity contribution in [2.45, 2.75) is 31.3 Å². The lowest BCUT2D eigenvalue weighted by Gasteiger charge is -2.27. The van der Waals surface area contributed by atoms with E-state index in [1.807, 2.05) is 6.92 Å². The highest BCUT2D eigenvalue weighted by atomic mass is 31.2. The van der Waals surface area contributed by atoms with Crippen LogP contribution in [0.1, 0.15) is 31.2 Å². The fourth-order valence-corrected chi connectivity index (χ4v) is 4.60. The minimum absolute atomic E-state index is 0.127. The van der Waals surface area contributed by atoms with E-state index < -0.39 is 24.9 Å². The second-order valence-corrected chi connectivity index (χ2v) is 7.42. The molecule has 0 aliphatic rings. The number of allylic oxidation sites excluding steroid dienone is 1. The fraction of sp³-hybridized carbons (Fsp3) is 0.400. The van der Waals surface area contributed by atoms with Crippen LogP contribution in [0.5, 0.6) is 0 Å². The third kappa shape index (κ3) is 4.06. The molecule has 5 heteroatoms. The summed E-state index contributed by atoms with van der Waals surface area (Å²) < 4.78 is 12.5. The summed E-state index contributed by atoms with van der Waals surface area (Å²) >= 11 is 0. The second kappa shape index (κ2) is 7.41. The van der Waals surface area contributed by atoms with Crippen molar-refractivity contribution in [2.24, 2.45) is 0 Å². The molecule has 0 aliphatic heterocycles. The molecule has 2 N–H and O–H groups in total. The average Bonchev–Trinajstić information content (AvgIpc) is 2.39. The molecule has 0 saturated carbocycles. The zero-order valence-electron chi connectivity index (χ0n) is 11.6. The molecule has 1 aromatic carbocycles. The van der Waals surface area contributed by atoms with Crippen LogP contribution in [0.3, 0.4) is 0 Å². The molecule has 0 aliphatic carbocycles. The standard InChI is InChI=1S/C15H21O4P/c1-3-8-13(20(18,19)11-4-2)14(15(16)17)12-9-6-5-7-10-12/h3,5-7,9-10,13-14H,1,4,8,11H2,2H3,(H,16,17)(H,18,19). The monoisotopic (exact) mass is 296 g/mol. The summed E-state index contributed by atoms with van der Waals surface area (Å²) in [6, 6.07) is 8.62. The van der Waals surface area contributed by atoms with Gasteiger partial charge in [0.2, 0.25) is 7.37 Å². The van der Waals surface area contributed by atoms with Crippen LogP contribution >= 0.6 is 7.37 Å². The first-order chi connectivity index (χ1) is 9.44. The molecule has 0 radical (unpaired) electrons. The first kappa shape index (κ1) is 16.7. The zero-order valence-corrected chi connectivity index (χ0v) is 12.5. The number of carbonyl (C=O) groups is 1. The van der Waals surface area contributed by atoms with Gasteiger partial charge >= 0.3 is 5.97 Å². The first-order valence-electron chi connectivity index (χ1n) is 6.64. The van der Waals surface area contributed by atoms with E-state index in [1.165, 1.54) is 6.08 Å². The van der Waals surface area contributed by atoms with Crippen molar-refractivity contribution in [3.63, 3.8) is 0 Å². The Bertz CT molecular complexity index is 498. The van der Waals surface area contributed by atoms with Gasteiger partial charge in [0.05, 0.1) is 11.6 Å². The topological polar surface area (TPSA) is 74.6 Å². The Morgan fingerprint density at radius 3 is 2.45 bits per heavy atom. The largest absolute Gasteiger partial charge is 0.481 e. The van der Waals surface area contributed by atoms with Gasteiger partial charge in [-0.2, -0.15) is 0 Å². The highest BCUT2D eigenvalue weighted by Gasteiger charge is 2.40. The lowest BCUT2D eigenvalue weighted by molar-refractivity contribution is -0.138. The summed E-state index contributed by atoms with van der Waals surface area (Å²) in [6.45, 7) is 5.40. The molecule has 4 nitrogen and oxygen atoms in total. The molecule has 1 rings (SSSR count). The Balaban J connectivity index is 3.23. The van der Waals surface area contributed by atoms with Crippen LogP contribution in [-0.4, -0.2) is 27.8 Å². The van der Waals surface area contributed by atoms with Crippen LogP contribution in [0, 0.1) is 0 Å². The molecular weight excluding hydrogens is 275 g/mol. The van der Waals surface area contributed by atoms with E-state index in [0.29, 0.717) is 12.0 Å². The van der Waals surface area contributed by atoms with E-state index in [2.05, 4.69) is 6.58 Å². The number of carboxylic acid groups (broad SMARTS) is 1. The molecule has 0 amide bonds. The highest BCUT2D eigenvalue weighted by molar-refractivity contribution is 7.58. The molecule has 0 aromatic heterocycles. The Hall–Kier alpha value is -1.38. The normalized spacial score (nSPS) is 16.9. The first-order valence-corrected chi connectivity index (χ1v) is 8.55. The number of aliphatic carboxylic acids is 1. The molecule has 3 atom stereocenters. The van der Waals surface area contributed by atoms with Gasteiger partial charge in [-0.05, 0) is 18.4 Å². The summed E-state index contributed by atoms with van der Waals surface area (Å²) in [4.78, 5) is 21.8. The second-order valence-electron chi connectivity index (χ2n) is 4.80. The van der Waals surface area contributed by atoms with Gasteiger partial charge in [-0.3, -0.25) is 9.36 Å². The summed E-state index contributed by atoms with van der Waals surface area (Å²) in [6.07, 6.45) is 2.40. The van der Waals surface area contributed by atoms with Gasteiger partial charge in [0.15, 0.2) is 0 Å². The number of hydrogen-bond donors (Lipinski definition) is 2. The van der Waals surface area contributed by atoms with Crippen molar-refractivity contribution in [2.75, 3.05) is 6.16 Å². The minimum Gasteiger partial charge on any atom is -0.481 e. The average molecular weight is 296 g/mol. The molecule has 110 valence electrons. The molecular formula is C15H21O4P. The molecule has 0 heterocycles. The van der Waals surface area contributed by atoms with E-state index in [1.54, 1.807) is 30.3 Å². The van der Waals surface area contributed by atoms with E-state index in [0.717, 1.165) is 0 Å². The molecule has 3 unspecified atom stereocenters. The van der Waals surface area contributed by atoms with Crippen molar-refractivity contribution < 1.29 is 19.4 Å². The van der Waals surface area contributed by atoms with Gasteiger partial charge in [0.25, 0.3) is 0 Å². The van der Waals surface area contributed by atoms with E-state index in [-0.39, 0.29) is 12.6 Å². The number of carboxylic acids is 1. The fourth-order valence-electron chi connectivity index (χ4n) is 2.38. The van der Waals surface area contributed by atoms with Gasteiger partial charge in [-0.25, -0.2) is 0 Å². The zero-order chi connectivity index (χ0) is 15.2. The molecule has 0 saturated heterocycles. The minimum atomic E-state index is -3.55. The Kier molecular flexibility index (Phi) is 6.18. The summed E-state index contributed by atoms with van der Waals surface area (Å²) in [7, 11) is -3.55. The van der Waals surface area contributed by atoms with Crippen molar-refractivity contribution in [1.82, 2.24) is 0 Å². The Morgan fingerprint density at radius 1 is 1.40 bits per heavy atom. The lowest BCUT2D eigenvalue weighted by Crippen LogP contribution is -2.27. The summed E-state index contributed by atoms with van der Waals surface area (Å²) in [5.41, 5.74) is -0.280. The van der Waals surface area contributed by atoms with Crippen LogP contribution in [0.25, 0.3) is 0 Å². The van der Waals surface area contributed by atoms with Crippen LogP contribution in [0.4, 0.5) is 0 Å². The quantitative estimate of drug-likeness (QED) is 0.569. The van der Waals surface area contributed by atoms with Gasteiger partial charge in [-0.15, -0.1) is 6.58 Å². The Labute approximate surface area is 119 Å². The molecule has 0 spiro atoms. The van der Waals surface area contributed by atoms with Gasteiger partial charge < -0.3 is 10.00 Å². The van der Waals surface area contributed by atoms with Crippen LogP contribution in [-0.2, 0) is 9.36 Å². The summed E-state index contributed by atoms with van der Waals surface area (Å²) in [5, 5.41) is 9.49. The molecule has 0 fully saturated rings. The molecule has 20 heavy (non-hydrogen) atoms. The van der Waals surface area contributed by atoms with E-state index in [9.17, 15) is 19.4 Å². The lowest BCUT2D eigenvalue weighted by atomic mass is 9.94. The Morgan fingerprint density at radius 2 is 2.00 bits per heavy atom. The molecule has 0 bridgehead atoms. The van der Waals surface area contributed by atoms with E-state index >= 15 is 0 Å². The van der Waals surface area contributed by atoms with Crippen molar-refractivity contribution in [3.05, 3.63) is 48.6 Å². The smallest absolute Gasteiger partial charge is 0.311 e. The maximum atomic E-state index is 12.5. The maximum absolute atomic E-state index is 12.5. The third-order valence-corrected chi connectivity index (χ3v) is 5.91. The molecule has 1 aromatic rings. The number of hydrogen-bond acceptors (Lipinski definition) is 2. The summed E-state index contributed by atoms with van der Waals surface area (Å²) in [5.74, 6) is -2.06. The number of benzene rings is 1. The maximum Gasteiger partial charge on any atom is 0.311 e. The highest BCUT2D eigenvalue weighted by Crippen LogP contribution is 2.53. The SMILES string of the molecule is C=CCC(C(C(=O)O)c1ccccc1)P(=O)(O)CCC. The van der Waals surface area contributed by atoms with Crippen LogP contribution in [0.2, 0.25) is 0 Å². The van der Waals surface area contributed by atoms with Crippen molar-refractivity contribution >= 4 is 13.3 Å². The van der Waals surface area contributed by atoms with E-state index in [4.69, 9.17) is 0 Å². The third-order valence-electron chi connectivity index (χ3n) is 3.28. The van der Waals surface area contributed by atoms with Gasteiger partial charge in [0, 0.05) is 6.16 Å². The van der Waals surface area contributed by atoms with Crippen LogP contribution in [0.15, 0.2) is 43.0 Å². The van der Waals surface area contributed by atoms with Gasteiger partial charge in [0.1, 0.15) is 0 Å². The van der Waals surface area contributed by atoms with Gasteiger partial charge in [-0.1, -0.05) is 43.3 Å². The van der Waals surface area contributed by atoms with Crippen molar-refractivity contribution in [1.29, 1.82) is 0 Å². The number of rotatable bonds is 8. The predicted octanol–water partition coefficient (Wildman–Crippen LogP) is 3.48. The van der Waals surface area contributed by atoms with Crippen molar-refractivity contribution in [3.8, 4) is 0 Å². The predicted molar refractivity (Wildman–Crippen MR) is 80.4 cm³/mol. The van der Waals surface area contributed by atoms with Crippen LogP contribution < -0.4 is 0 Å².